The summed E-state index contributed by atoms with van der Waals surface area (Å²) < 4.78 is 11.7. The fraction of sp³-hybridized carbons (Fsp3) is 0.0909. The number of nitrogens with zero attached hydrogens (tertiary/aromatic N) is 4. The van der Waals surface area contributed by atoms with Gasteiger partial charge in [0.1, 0.15) is 23.8 Å². The molecule has 0 unspecified atom stereocenters. The number of aromatic amines is 1. The van der Waals surface area contributed by atoms with Crippen LogP contribution in [-0.4, -0.2) is 25.6 Å². The van der Waals surface area contributed by atoms with E-state index in [-0.39, 0.29) is 0 Å². The summed E-state index contributed by atoms with van der Waals surface area (Å²) >= 11 is 0. The zero-order valence-corrected chi connectivity index (χ0v) is 15.8. The van der Waals surface area contributed by atoms with Crippen molar-refractivity contribution in [1.82, 2.24) is 25.6 Å². The lowest BCUT2D eigenvalue weighted by molar-refractivity contribution is 0.299. The number of oxazole rings is 1. The van der Waals surface area contributed by atoms with Crippen LogP contribution in [-0.2, 0) is 6.61 Å². The van der Waals surface area contributed by atoms with Gasteiger partial charge < -0.3 is 9.15 Å². The van der Waals surface area contributed by atoms with Gasteiger partial charge in [0.15, 0.2) is 5.82 Å². The quantitative estimate of drug-likeness (QED) is 0.472. The van der Waals surface area contributed by atoms with Crippen LogP contribution < -0.4 is 4.74 Å². The lowest BCUT2D eigenvalue weighted by Gasteiger charge is -2.05. The number of aromatic nitrogens is 5. The first-order valence-electron chi connectivity index (χ1n) is 9.11. The number of benzene rings is 2. The number of aryl methyl sites for hydroxylation is 1. The molecule has 0 saturated carbocycles. The number of ether oxygens (including phenoxy) is 1. The van der Waals surface area contributed by atoms with Crippen molar-refractivity contribution in [2.24, 2.45) is 0 Å². The monoisotopic (exact) mass is 385 g/mol. The summed E-state index contributed by atoms with van der Waals surface area (Å²) in [4.78, 5) is 4.57. The summed E-state index contributed by atoms with van der Waals surface area (Å²) in [5, 5.41) is 13.6. The maximum Gasteiger partial charge on any atom is 0.226 e. The van der Waals surface area contributed by atoms with Crippen molar-refractivity contribution in [3.8, 4) is 17.2 Å². The summed E-state index contributed by atoms with van der Waals surface area (Å²) in [5.41, 5.74) is 2.75. The van der Waals surface area contributed by atoms with E-state index in [1.807, 2.05) is 79.7 Å². The highest BCUT2D eigenvalue weighted by Gasteiger charge is 2.11. The second-order valence-corrected chi connectivity index (χ2v) is 6.24. The second kappa shape index (κ2) is 8.79. The van der Waals surface area contributed by atoms with Gasteiger partial charge in [-0.25, -0.2) is 4.98 Å². The number of hydrogen-bond acceptors (Lipinski definition) is 6. The largest absolute Gasteiger partial charge is 0.487 e. The highest BCUT2D eigenvalue weighted by molar-refractivity contribution is 5.56. The van der Waals surface area contributed by atoms with Gasteiger partial charge in [-0.3, -0.25) is 0 Å². The smallest absolute Gasteiger partial charge is 0.226 e. The molecule has 4 rings (SSSR count). The van der Waals surface area contributed by atoms with Crippen molar-refractivity contribution in [3.63, 3.8) is 0 Å². The second-order valence-electron chi connectivity index (χ2n) is 6.24. The first-order chi connectivity index (χ1) is 14.3. The Labute approximate surface area is 167 Å². The van der Waals surface area contributed by atoms with E-state index < -0.39 is 0 Å². The molecule has 0 bridgehead atoms. The Kier molecular flexibility index (Phi) is 5.57. The minimum Gasteiger partial charge on any atom is -0.487 e. The molecule has 2 heterocycles. The van der Waals surface area contributed by atoms with Gasteiger partial charge in [0.05, 0.1) is 0 Å². The maximum atomic E-state index is 5.92. The van der Waals surface area contributed by atoms with E-state index in [9.17, 15) is 0 Å². The summed E-state index contributed by atoms with van der Waals surface area (Å²) in [6.45, 7) is 2.24. The van der Waals surface area contributed by atoms with Crippen molar-refractivity contribution in [2.45, 2.75) is 13.5 Å². The van der Waals surface area contributed by atoms with E-state index in [0.29, 0.717) is 18.3 Å². The van der Waals surface area contributed by atoms with E-state index in [1.165, 1.54) is 0 Å². The van der Waals surface area contributed by atoms with Crippen LogP contribution in [0.3, 0.4) is 0 Å². The van der Waals surface area contributed by atoms with Gasteiger partial charge in [-0.05, 0) is 48.0 Å². The first kappa shape index (κ1) is 18.4. The number of nitrogens with one attached hydrogen (secondary N) is 1. The third kappa shape index (κ3) is 4.84. The molecule has 29 heavy (non-hydrogen) atoms. The van der Waals surface area contributed by atoms with Crippen molar-refractivity contribution in [1.29, 1.82) is 0 Å². The van der Waals surface area contributed by atoms with Crippen LogP contribution in [0.2, 0.25) is 0 Å². The average molecular weight is 385 g/mol. The fourth-order valence-corrected chi connectivity index (χ4v) is 2.67. The van der Waals surface area contributed by atoms with Gasteiger partial charge in [0.25, 0.3) is 0 Å². The topological polar surface area (TPSA) is 89.7 Å². The Balaban J connectivity index is 1.39. The standard InChI is InChI=1S/C22H19N5O2/c1-16-20(23-22(29-16)18-10-3-2-4-11-18)15-28-19-12-7-9-17(14-19)8-5-6-13-21-24-26-27-25-21/h2-14H,15H2,1H3,(H,24,25,26,27)/b8-5+,13-6+. The number of H-pyrrole nitrogens is 1. The molecule has 7 nitrogen and oxygen atoms in total. The Morgan fingerprint density at radius 1 is 1.03 bits per heavy atom. The van der Waals surface area contributed by atoms with Gasteiger partial charge in [0.2, 0.25) is 5.89 Å². The molecular weight excluding hydrogens is 366 g/mol. The lowest BCUT2D eigenvalue weighted by atomic mass is 10.2. The van der Waals surface area contributed by atoms with Crippen LogP contribution in [0.1, 0.15) is 22.8 Å². The zero-order chi connectivity index (χ0) is 19.9. The molecule has 0 aliphatic heterocycles. The van der Waals surface area contributed by atoms with Gasteiger partial charge in [0, 0.05) is 5.56 Å². The molecule has 4 aromatic rings. The number of allylic oxidation sites excluding steroid dienone is 2. The molecule has 0 aliphatic carbocycles. The third-order valence-electron chi connectivity index (χ3n) is 4.15. The molecule has 2 aromatic heterocycles. The summed E-state index contributed by atoms with van der Waals surface area (Å²) in [6.07, 6.45) is 7.49. The Morgan fingerprint density at radius 3 is 2.72 bits per heavy atom. The van der Waals surface area contributed by atoms with Crippen molar-refractivity contribution >= 4 is 12.2 Å². The van der Waals surface area contributed by atoms with E-state index in [4.69, 9.17) is 9.15 Å². The summed E-state index contributed by atoms with van der Waals surface area (Å²) in [5.74, 6) is 2.65. The Hall–Kier alpha value is -4.00. The molecule has 0 radical (unpaired) electrons. The Bertz CT molecular complexity index is 1120. The first-order valence-corrected chi connectivity index (χ1v) is 9.11. The van der Waals surface area contributed by atoms with E-state index in [2.05, 4.69) is 25.6 Å². The fourth-order valence-electron chi connectivity index (χ4n) is 2.67. The maximum absolute atomic E-state index is 5.92. The van der Waals surface area contributed by atoms with Crippen molar-refractivity contribution in [2.75, 3.05) is 0 Å². The highest BCUT2D eigenvalue weighted by atomic mass is 16.5. The normalized spacial score (nSPS) is 11.5. The summed E-state index contributed by atoms with van der Waals surface area (Å²) in [7, 11) is 0. The van der Waals surface area contributed by atoms with Gasteiger partial charge in [-0.1, -0.05) is 48.6 Å². The number of hydrogen-bond donors (Lipinski definition) is 1. The summed E-state index contributed by atoms with van der Waals surface area (Å²) in [6, 6.07) is 17.7. The van der Waals surface area contributed by atoms with Crippen molar-refractivity contribution in [3.05, 3.63) is 89.6 Å². The molecular formula is C22H19N5O2. The van der Waals surface area contributed by atoms with E-state index in [0.717, 1.165) is 28.3 Å². The number of tetrazole rings is 1. The lowest BCUT2D eigenvalue weighted by Crippen LogP contribution is -1.97. The Morgan fingerprint density at radius 2 is 1.90 bits per heavy atom. The molecule has 0 atom stereocenters. The molecule has 0 amide bonds. The van der Waals surface area contributed by atoms with Crippen LogP contribution in [0, 0.1) is 6.92 Å². The molecule has 0 fully saturated rings. The SMILES string of the molecule is Cc1oc(-c2ccccc2)nc1COc1cccc(/C=C/C=C/c2nn[nH]n2)c1. The van der Waals surface area contributed by atoms with Gasteiger partial charge >= 0.3 is 0 Å². The molecule has 0 saturated heterocycles. The predicted octanol–water partition coefficient (Wildman–Crippen LogP) is 4.47. The molecule has 144 valence electrons. The van der Waals surface area contributed by atoms with Crippen LogP contribution >= 0.6 is 0 Å². The van der Waals surface area contributed by atoms with Gasteiger partial charge in [-0.2, -0.15) is 5.21 Å². The predicted molar refractivity (Wildman–Crippen MR) is 110 cm³/mol. The minimum atomic E-state index is 0.340. The molecule has 2 aromatic carbocycles. The van der Waals surface area contributed by atoms with Crippen LogP contribution in [0.25, 0.3) is 23.6 Å². The molecule has 7 heteroatoms. The third-order valence-corrected chi connectivity index (χ3v) is 4.15. The molecule has 0 aliphatic rings. The van der Waals surface area contributed by atoms with Crippen molar-refractivity contribution < 1.29 is 9.15 Å². The number of rotatable bonds is 7. The zero-order valence-electron chi connectivity index (χ0n) is 15.8. The average Bonchev–Trinajstić information content (AvgIpc) is 3.40. The highest BCUT2D eigenvalue weighted by Crippen LogP contribution is 2.23. The van der Waals surface area contributed by atoms with Crippen LogP contribution in [0.5, 0.6) is 5.75 Å². The van der Waals surface area contributed by atoms with Crippen LogP contribution in [0.4, 0.5) is 0 Å². The van der Waals surface area contributed by atoms with Gasteiger partial charge in [-0.15, -0.1) is 10.2 Å². The van der Waals surface area contributed by atoms with E-state index in [1.54, 1.807) is 6.08 Å². The molecule has 1 N–H and O–H groups in total. The van der Waals surface area contributed by atoms with Crippen LogP contribution in [0.15, 0.2) is 71.2 Å². The minimum absolute atomic E-state index is 0.340. The van der Waals surface area contributed by atoms with E-state index >= 15 is 0 Å². The molecule has 0 spiro atoms.